The Hall–Kier alpha value is -2.49. The fourth-order valence-electron chi connectivity index (χ4n) is 2.06. The van der Waals surface area contributed by atoms with E-state index in [1.807, 2.05) is 55.5 Å². The maximum Gasteiger partial charge on any atom is 0.125 e. The quantitative estimate of drug-likeness (QED) is 0.498. The summed E-state index contributed by atoms with van der Waals surface area (Å²) >= 11 is 0. The molecule has 2 rings (SSSR count). The number of para-hydroxylation sites is 1. The lowest BCUT2D eigenvalue weighted by Crippen LogP contribution is -2.00. The molecular formula is C17H19NO3. The van der Waals surface area contributed by atoms with Crippen molar-refractivity contribution in [2.45, 2.75) is 20.0 Å². The van der Waals surface area contributed by atoms with Gasteiger partial charge in [-0.3, -0.25) is 0 Å². The van der Waals surface area contributed by atoms with Crippen molar-refractivity contribution in [1.29, 1.82) is 0 Å². The van der Waals surface area contributed by atoms with Crippen molar-refractivity contribution in [3.63, 3.8) is 0 Å². The summed E-state index contributed by atoms with van der Waals surface area (Å²) in [6.45, 7) is 2.39. The number of methoxy groups -OCH3 is 1. The molecule has 2 aromatic carbocycles. The molecule has 0 bridgehead atoms. The van der Waals surface area contributed by atoms with Crippen LogP contribution < -0.4 is 9.47 Å². The maximum atomic E-state index is 8.90. The van der Waals surface area contributed by atoms with E-state index in [9.17, 15) is 0 Å². The first-order chi connectivity index (χ1) is 10.3. The molecule has 4 nitrogen and oxygen atoms in total. The number of hydrogen-bond donors (Lipinski definition) is 1. The highest BCUT2D eigenvalue weighted by Gasteiger charge is 2.04. The van der Waals surface area contributed by atoms with E-state index in [1.54, 1.807) is 7.11 Å². The minimum Gasteiger partial charge on any atom is -0.496 e. The van der Waals surface area contributed by atoms with E-state index in [0.717, 1.165) is 22.6 Å². The van der Waals surface area contributed by atoms with Crippen molar-refractivity contribution in [2.24, 2.45) is 5.16 Å². The van der Waals surface area contributed by atoms with Crippen LogP contribution in [0.1, 0.15) is 24.5 Å². The van der Waals surface area contributed by atoms with Crippen LogP contribution in [0.5, 0.6) is 11.5 Å². The largest absolute Gasteiger partial charge is 0.496 e. The molecule has 2 aromatic rings. The normalized spacial score (nSPS) is 11.2. The van der Waals surface area contributed by atoms with Crippen LogP contribution in [0.2, 0.25) is 0 Å². The van der Waals surface area contributed by atoms with Gasteiger partial charge >= 0.3 is 0 Å². The molecule has 0 radical (unpaired) electrons. The van der Waals surface area contributed by atoms with E-state index < -0.39 is 0 Å². The molecule has 0 saturated carbocycles. The van der Waals surface area contributed by atoms with Crippen molar-refractivity contribution < 1.29 is 14.7 Å². The van der Waals surface area contributed by atoms with Gasteiger partial charge in [0.15, 0.2) is 0 Å². The highest BCUT2D eigenvalue weighted by molar-refractivity contribution is 6.00. The second kappa shape index (κ2) is 7.33. The summed E-state index contributed by atoms with van der Waals surface area (Å²) in [5.74, 6) is 1.58. The molecule has 0 aliphatic heterocycles. The third-order valence-corrected chi connectivity index (χ3v) is 3.23. The second-order valence-corrected chi connectivity index (χ2v) is 4.53. The molecule has 0 aromatic heterocycles. The lowest BCUT2D eigenvalue weighted by Gasteiger charge is -2.10. The minimum atomic E-state index is 0.443. The van der Waals surface area contributed by atoms with Gasteiger partial charge < -0.3 is 14.7 Å². The molecule has 0 spiro atoms. The smallest absolute Gasteiger partial charge is 0.125 e. The monoisotopic (exact) mass is 285 g/mol. The van der Waals surface area contributed by atoms with E-state index in [1.165, 1.54) is 0 Å². The Morgan fingerprint density at radius 2 is 1.81 bits per heavy atom. The first kappa shape index (κ1) is 14.9. The molecular weight excluding hydrogens is 266 g/mol. The molecule has 21 heavy (non-hydrogen) atoms. The van der Waals surface area contributed by atoms with Gasteiger partial charge in [-0.05, 0) is 42.3 Å². The lowest BCUT2D eigenvalue weighted by atomic mass is 10.1. The Morgan fingerprint density at radius 3 is 2.43 bits per heavy atom. The number of oxime groups is 1. The molecule has 0 atom stereocenters. The predicted molar refractivity (Wildman–Crippen MR) is 82.4 cm³/mol. The molecule has 0 heterocycles. The summed E-state index contributed by atoms with van der Waals surface area (Å²) in [6.07, 6.45) is 0.678. The zero-order valence-electron chi connectivity index (χ0n) is 12.2. The standard InChI is InChI=1S/C17H19NO3/c1-3-16(18-19)13-8-10-15(11-9-13)21-12-14-6-4-5-7-17(14)20-2/h4-11,19H,3,12H2,1-2H3. The highest BCUT2D eigenvalue weighted by Crippen LogP contribution is 2.20. The first-order valence-electron chi connectivity index (χ1n) is 6.84. The van der Waals surface area contributed by atoms with Gasteiger partial charge in [-0.15, -0.1) is 0 Å². The Morgan fingerprint density at radius 1 is 1.10 bits per heavy atom. The van der Waals surface area contributed by atoms with Crippen LogP contribution in [0.3, 0.4) is 0 Å². The number of ether oxygens (including phenoxy) is 2. The van der Waals surface area contributed by atoms with Crippen LogP contribution in [-0.4, -0.2) is 18.0 Å². The van der Waals surface area contributed by atoms with Gasteiger partial charge in [0.1, 0.15) is 18.1 Å². The Labute approximate surface area is 124 Å². The highest BCUT2D eigenvalue weighted by atomic mass is 16.5. The SMILES string of the molecule is CCC(=NO)c1ccc(OCc2ccccc2OC)cc1. The van der Waals surface area contributed by atoms with Crippen molar-refractivity contribution in [2.75, 3.05) is 7.11 Å². The molecule has 0 aliphatic carbocycles. The zero-order valence-corrected chi connectivity index (χ0v) is 12.2. The third-order valence-electron chi connectivity index (χ3n) is 3.23. The Kier molecular flexibility index (Phi) is 5.21. The van der Waals surface area contributed by atoms with Crippen LogP contribution in [0, 0.1) is 0 Å². The zero-order chi connectivity index (χ0) is 15.1. The van der Waals surface area contributed by atoms with Crippen molar-refractivity contribution in [3.05, 3.63) is 59.7 Å². The van der Waals surface area contributed by atoms with Gasteiger partial charge in [-0.25, -0.2) is 0 Å². The minimum absolute atomic E-state index is 0.443. The van der Waals surface area contributed by atoms with Crippen molar-refractivity contribution in [1.82, 2.24) is 0 Å². The van der Waals surface area contributed by atoms with Crippen LogP contribution in [-0.2, 0) is 6.61 Å². The average Bonchev–Trinajstić information content (AvgIpc) is 2.55. The first-order valence-corrected chi connectivity index (χ1v) is 6.84. The summed E-state index contributed by atoms with van der Waals surface area (Å²) in [6, 6.07) is 15.3. The fraction of sp³-hybridized carbons (Fsp3) is 0.235. The summed E-state index contributed by atoms with van der Waals surface area (Å²) in [5, 5.41) is 12.2. The lowest BCUT2D eigenvalue weighted by molar-refractivity contribution is 0.296. The second-order valence-electron chi connectivity index (χ2n) is 4.53. The molecule has 0 saturated heterocycles. The van der Waals surface area contributed by atoms with Crippen LogP contribution >= 0.6 is 0 Å². The predicted octanol–water partition coefficient (Wildman–Crippen LogP) is 3.86. The Bertz CT molecular complexity index is 606. The van der Waals surface area contributed by atoms with E-state index in [-0.39, 0.29) is 0 Å². The van der Waals surface area contributed by atoms with Crippen LogP contribution in [0.4, 0.5) is 0 Å². The molecule has 0 aliphatic rings. The number of rotatable bonds is 6. The van der Waals surface area contributed by atoms with Gasteiger partial charge in [0.2, 0.25) is 0 Å². The van der Waals surface area contributed by atoms with Gasteiger partial charge in [0, 0.05) is 5.56 Å². The summed E-state index contributed by atoms with van der Waals surface area (Å²) < 4.78 is 11.0. The Balaban J connectivity index is 2.04. The van der Waals surface area contributed by atoms with Gasteiger partial charge in [-0.2, -0.15) is 0 Å². The molecule has 4 heteroatoms. The van der Waals surface area contributed by atoms with Gasteiger partial charge in [-0.1, -0.05) is 30.3 Å². The van der Waals surface area contributed by atoms with Crippen LogP contribution in [0.15, 0.2) is 53.7 Å². The van der Waals surface area contributed by atoms with E-state index in [0.29, 0.717) is 18.7 Å². The summed E-state index contributed by atoms with van der Waals surface area (Å²) in [5.41, 5.74) is 2.55. The van der Waals surface area contributed by atoms with Crippen LogP contribution in [0.25, 0.3) is 0 Å². The molecule has 110 valence electrons. The molecule has 0 amide bonds. The molecule has 1 N–H and O–H groups in total. The third kappa shape index (κ3) is 3.75. The topological polar surface area (TPSA) is 51.1 Å². The molecule has 0 unspecified atom stereocenters. The molecule has 0 fully saturated rings. The van der Waals surface area contributed by atoms with Crippen molar-refractivity contribution in [3.8, 4) is 11.5 Å². The summed E-state index contributed by atoms with van der Waals surface area (Å²) in [7, 11) is 1.65. The number of hydrogen-bond acceptors (Lipinski definition) is 4. The van der Waals surface area contributed by atoms with Gasteiger partial charge in [0.05, 0.1) is 12.8 Å². The average molecular weight is 285 g/mol. The fourth-order valence-corrected chi connectivity index (χ4v) is 2.06. The van der Waals surface area contributed by atoms with Gasteiger partial charge in [0.25, 0.3) is 0 Å². The van der Waals surface area contributed by atoms with Crippen molar-refractivity contribution >= 4 is 5.71 Å². The summed E-state index contributed by atoms with van der Waals surface area (Å²) in [4.78, 5) is 0. The maximum absolute atomic E-state index is 8.90. The number of nitrogens with zero attached hydrogens (tertiary/aromatic N) is 1. The van der Waals surface area contributed by atoms with E-state index in [4.69, 9.17) is 14.7 Å². The van der Waals surface area contributed by atoms with E-state index >= 15 is 0 Å². The van der Waals surface area contributed by atoms with E-state index in [2.05, 4.69) is 5.16 Å². The number of benzene rings is 2.